The first-order valence-corrected chi connectivity index (χ1v) is 8.35. The molecule has 0 atom stereocenters. The molecule has 0 spiro atoms. The van der Waals surface area contributed by atoms with Crippen LogP contribution in [0.15, 0.2) is 18.2 Å². The molecule has 0 unspecified atom stereocenters. The number of primary amides is 1. The van der Waals surface area contributed by atoms with Crippen molar-refractivity contribution >= 4 is 23.2 Å². The first kappa shape index (κ1) is 17.2. The second-order valence-electron chi connectivity index (χ2n) is 6.13. The highest BCUT2D eigenvalue weighted by Gasteiger charge is 2.14. The van der Waals surface area contributed by atoms with Crippen LogP contribution in [0.2, 0.25) is 0 Å². The van der Waals surface area contributed by atoms with Crippen LogP contribution in [-0.4, -0.2) is 17.5 Å². The molecule has 0 bridgehead atoms. The summed E-state index contributed by atoms with van der Waals surface area (Å²) in [7, 11) is 0. The van der Waals surface area contributed by atoms with E-state index in [9.17, 15) is 9.59 Å². The van der Waals surface area contributed by atoms with Gasteiger partial charge in [-0.3, -0.25) is 9.59 Å². The highest BCUT2D eigenvalue weighted by molar-refractivity contribution is 6.01. The van der Waals surface area contributed by atoms with Gasteiger partial charge < -0.3 is 16.5 Å². The van der Waals surface area contributed by atoms with Crippen molar-refractivity contribution in [3.05, 3.63) is 29.3 Å². The van der Waals surface area contributed by atoms with E-state index in [1.54, 1.807) is 0 Å². The van der Waals surface area contributed by atoms with Crippen molar-refractivity contribution in [1.29, 1.82) is 5.41 Å². The molecule has 5 heteroatoms. The van der Waals surface area contributed by atoms with E-state index in [1.165, 1.54) is 0 Å². The van der Waals surface area contributed by atoms with Gasteiger partial charge in [0.1, 0.15) is 0 Å². The molecule has 1 aliphatic rings. The third-order valence-corrected chi connectivity index (χ3v) is 4.16. The molecule has 1 aromatic rings. The Morgan fingerprint density at radius 1 is 1.09 bits per heavy atom. The van der Waals surface area contributed by atoms with Gasteiger partial charge in [0.15, 0.2) is 0 Å². The van der Waals surface area contributed by atoms with Crippen molar-refractivity contribution in [2.75, 3.05) is 5.32 Å². The summed E-state index contributed by atoms with van der Waals surface area (Å²) in [6, 6.07) is 5.81. The standard InChI is InChI=1S/C18H25N3O2/c19-16-7-5-6-13-12-14(10-11-15(13)16)21-18(23)9-4-2-1-3-8-17(20)22/h10-12,19H,1-9H2,(H2,20,22)(H,21,23). The van der Waals surface area contributed by atoms with Gasteiger partial charge in [-0.1, -0.05) is 18.9 Å². The van der Waals surface area contributed by atoms with Crippen LogP contribution in [0.4, 0.5) is 5.69 Å². The quantitative estimate of drug-likeness (QED) is 0.642. The summed E-state index contributed by atoms with van der Waals surface area (Å²) < 4.78 is 0. The highest BCUT2D eigenvalue weighted by Crippen LogP contribution is 2.24. The number of nitrogens with one attached hydrogen (secondary N) is 2. The lowest BCUT2D eigenvalue weighted by atomic mass is 9.90. The van der Waals surface area contributed by atoms with Crippen LogP contribution in [0.5, 0.6) is 0 Å². The maximum Gasteiger partial charge on any atom is 0.224 e. The molecule has 0 fully saturated rings. The van der Waals surface area contributed by atoms with Gasteiger partial charge >= 0.3 is 0 Å². The van der Waals surface area contributed by atoms with Gasteiger partial charge in [-0.05, 0) is 55.4 Å². The molecular formula is C18H25N3O2. The molecule has 0 aliphatic heterocycles. The molecule has 0 saturated heterocycles. The zero-order valence-corrected chi connectivity index (χ0v) is 13.5. The summed E-state index contributed by atoms with van der Waals surface area (Å²) in [6.45, 7) is 0. The average molecular weight is 315 g/mol. The van der Waals surface area contributed by atoms with Crippen LogP contribution in [-0.2, 0) is 16.0 Å². The zero-order valence-electron chi connectivity index (χ0n) is 13.5. The van der Waals surface area contributed by atoms with Crippen LogP contribution in [0, 0.1) is 5.41 Å². The van der Waals surface area contributed by atoms with Gasteiger partial charge in [0.05, 0.1) is 0 Å². The molecule has 2 rings (SSSR count). The molecule has 2 amide bonds. The fourth-order valence-electron chi connectivity index (χ4n) is 2.92. The van der Waals surface area contributed by atoms with Gasteiger partial charge in [0.25, 0.3) is 0 Å². The summed E-state index contributed by atoms with van der Waals surface area (Å²) in [4.78, 5) is 22.6. The highest BCUT2D eigenvalue weighted by atomic mass is 16.1. The third-order valence-electron chi connectivity index (χ3n) is 4.16. The number of rotatable bonds is 8. The maximum absolute atomic E-state index is 12.0. The number of anilines is 1. The van der Waals surface area contributed by atoms with Crippen LogP contribution < -0.4 is 11.1 Å². The predicted molar refractivity (Wildman–Crippen MR) is 91.7 cm³/mol. The number of carbonyl (C=O) groups excluding carboxylic acids is 2. The Morgan fingerprint density at radius 3 is 2.57 bits per heavy atom. The number of nitrogens with two attached hydrogens (primary N) is 1. The number of amides is 2. The average Bonchev–Trinajstić information content (AvgIpc) is 2.50. The fraction of sp³-hybridized carbons (Fsp3) is 0.500. The molecule has 1 aliphatic carbocycles. The predicted octanol–water partition coefficient (Wildman–Crippen LogP) is 3.16. The molecule has 1 aromatic carbocycles. The summed E-state index contributed by atoms with van der Waals surface area (Å²) in [6.07, 6.45) is 7.22. The van der Waals surface area contributed by atoms with Crippen molar-refractivity contribution in [3.8, 4) is 0 Å². The second kappa shape index (κ2) is 8.46. The number of fused-ring (bicyclic) bond motifs is 1. The van der Waals surface area contributed by atoms with Crippen molar-refractivity contribution < 1.29 is 9.59 Å². The SMILES string of the molecule is N=C1CCCc2cc(NC(=O)CCCCCCC(N)=O)ccc21. The van der Waals surface area contributed by atoms with Gasteiger partial charge in [-0.25, -0.2) is 0 Å². The van der Waals surface area contributed by atoms with Crippen molar-refractivity contribution in [1.82, 2.24) is 0 Å². The van der Waals surface area contributed by atoms with E-state index in [-0.39, 0.29) is 11.8 Å². The van der Waals surface area contributed by atoms with Crippen LogP contribution in [0.1, 0.15) is 62.5 Å². The van der Waals surface area contributed by atoms with Gasteiger partial charge in [0.2, 0.25) is 11.8 Å². The Balaban J connectivity index is 1.73. The van der Waals surface area contributed by atoms with E-state index in [1.807, 2.05) is 18.2 Å². The first-order valence-electron chi connectivity index (χ1n) is 8.35. The third kappa shape index (κ3) is 5.51. The van der Waals surface area contributed by atoms with Crippen LogP contribution in [0.25, 0.3) is 0 Å². The minimum absolute atomic E-state index is 0.0192. The van der Waals surface area contributed by atoms with Gasteiger partial charge in [0, 0.05) is 24.2 Å². The van der Waals surface area contributed by atoms with Gasteiger partial charge in [-0.2, -0.15) is 0 Å². The molecule has 0 saturated carbocycles. The monoisotopic (exact) mass is 315 g/mol. The number of aryl methyl sites for hydroxylation is 1. The molecular weight excluding hydrogens is 290 g/mol. The summed E-state index contributed by atoms with van der Waals surface area (Å²) in [5.74, 6) is -0.242. The maximum atomic E-state index is 12.0. The van der Waals surface area contributed by atoms with Crippen LogP contribution in [0.3, 0.4) is 0 Å². The van der Waals surface area contributed by atoms with Crippen molar-refractivity contribution in [2.45, 2.75) is 57.8 Å². The Labute approximate surface area is 137 Å². The van der Waals surface area contributed by atoms with Crippen LogP contribution >= 0.6 is 0 Å². The normalized spacial score (nSPS) is 13.5. The van der Waals surface area contributed by atoms with E-state index < -0.39 is 0 Å². The molecule has 23 heavy (non-hydrogen) atoms. The number of hydrogen-bond donors (Lipinski definition) is 3. The van der Waals surface area contributed by atoms with Gasteiger partial charge in [-0.15, -0.1) is 0 Å². The number of hydrogen-bond acceptors (Lipinski definition) is 3. The van der Waals surface area contributed by atoms with Crippen molar-refractivity contribution in [3.63, 3.8) is 0 Å². The number of unbranched alkanes of at least 4 members (excludes halogenated alkanes) is 3. The smallest absolute Gasteiger partial charge is 0.224 e. The lowest BCUT2D eigenvalue weighted by Gasteiger charge is -2.17. The zero-order chi connectivity index (χ0) is 16.7. The molecule has 124 valence electrons. The molecule has 0 radical (unpaired) electrons. The summed E-state index contributed by atoms with van der Waals surface area (Å²) in [5.41, 5.74) is 8.77. The first-order chi connectivity index (χ1) is 11.1. The lowest BCUT2D eigenvalue weighted by molar-refractivity contribution is -0.118. The number of carbonyl (C=O) groups is 2. The largest absolute Gasteiger partial charge is 0.370 e. The minimum atomic E-state index is -0.261. The summed E-state index contributed by atoms with van der Waals surface area (Å²) >= 11 is 0. The Hall–Kier alpha value is -2.17. The van der Waals surface area contributed by atoms with E-state index in [4.69, 9.17) is 11.1 Å². The molecule has 4 N–H and O–H groups in total. The minimum Gasteiger partial charge on any atom is -0.370 e. The van der Waals surface area contributed by atoms with Crippen molar-refractivity contribution in [2.24, 2.45) is 5.73 Å². The van der Waals surface area contributed by atoms with E-state index >= 15 is 0 Å². The Morgan fingerprint density at radius 2 is 1.83 bits per heavy atom. The topological polar surface area (TPSA) is 96.0 Å². The summed E-state index contributed by atoms with van der Waals surface area (Å²) in [5, 5.41) is 10.9. The number of benzene rings is 1. The molecule has 0 aromatic heterocycles. The van der Waals surface area contributed by atoms with E-state index in [2.05, 4.69) is 5.32 Å². The Kier molecular flexibility index (Phi) is 6.32. The van der Waals surface area contributed by atoms with E-state index in [0.29, 0.717) is 18.6 Å². The molecule has 5 nitrogen and oxygen atoms in total. The fourth-order valence-corrected chi connectivity index (χ4v) is 2.92. The lowest BCUT2D eigenvalue weighted by Crippen LogP contribution is -2.14. The second-order valence-corrected chi connectivity index (χ2v) is 6.13. The Bertz CT molecular complexity index is 596. The van der Waals surface area contributed by atoms with E-state index in [0.717, 1.165) is 61.8 Å². The molecule has 0 heterocycles.